The highest BCUT2D eigenvalue weighted by Crippen LogP contribution is 2.21. The van der Waals surface area contributed by atoms with Gasteiger partial charge in [-0.2, -0.15) is 5.10 Å². The molecule has 0 aliphatic carbocycles. The summed E-state index contributed by atoms with van der Waals surface area (Å²) in [5.41, 5.74) is 1.15. The average Bonchev–Trinajstić information content (AvgIpc) is 3.10. The second-order valence-corrected chi connectivity index (χ2v) is 4.89. The van der Waals surface area contributed by atoms with Crippen LogP contribution in [0, 0.1) is 10.1 Å². The van der Waals surface area contributed by atoms with E-state index in [1.54, 1.807) is 18.5 Å². The second kappa shape index (κ2) is 5.52. The molecule has 3 rings (SSSR count). The lowest BCUT2D eigenvalue weighted by atomic mass is 10.3. The van der Waals surface area contributed by atoms with Crippen LogP contribution in [0.3, 0.4) is 0 Å². The van der Waals surface area contributed by atoms with Gasteiger partial charge in [-0.05, 0) is 19.1 Å². The van der Waals surface area contributed by atoms with Gasteiger partial charge in [0.2, 0.25) is 11.6 Å². The number of imidazole rings is 1. The smallest absolute Gasteiger partial charge is 0.313 e. The fourth-order valence-electron chi connectivity index (χ4n) is 2.40. The number of fused-ring (bicyclic) bond motifs is 1. The number of aromatic nitrogens is 4. The number of benzene rings is 1. The van der Waals surface area contributed by atoms with Crippen molar-refractivity contribution >= 4 is 28.6 Å². The number of nitro groups is 1. The van der Waals surface area contributed by atoms with Gasteiger partial charge in [-0.25, -0.2) is 4.98 Å². The number of carbonyl (C=O) groups is 1. The fraction of sp³-hybridized carbons (Fsp3) is 0.214. The topological polar surface area (TPSA) is 108 Å². The molecule has 0 unspecified atom stereocenters. The molecule has 0 aliphatic heterocycles. The van der Waals surface area contributed by atoms with Crippen LogP contribution in [0.2, 0.25) is 0 Å². The number of carbonyl (C=O) groups excluding carboxylic acids is 1. The van der Waals surface area contributed by atoms with Gasteiger partial charge in [0.1, 0.15) is 6.20 Å². The van der Waals surface area contributed by atoms with Crippen LogP contribution in [0.1, 0.15) is 17.4 Å². The number of aryl methyl sites for hydroxylation is 2. The molecular formula is C14H14N6O3. The van der Waals surface area contributed by atoms with Crippen LogP contribution in [0.15, 0.2) is 30.5 Å². The molecule has 9 heteroatoms. The lowest BCUT2D eigenvalue weighted by Gasteiger charge is -2.06. The predicted octanol–water partition coefficient (Wildman–Crippen LogP) is 1.95. The van der Waals surface area contributed by atoms with Crippen LogP contribution in [0.5, 0.6) is 0 Å². The fourth-order valence-corrected chi connectivity index (χ4v) is 2.40. The zero-order valence-electron chi connectivity index (χ0n) is 12.6. The first-order valence-corrected chi connectivity index (χ1v) is 6.96. The largest absolute Gasteiger partial charge is 0.320 e. The third-order valence-electron chi connectivity index (χ3n) is 3.54. The molecule has 2 aromatic heterocycles. The quantitative estimate of drug-likeness (QED) is 0.585. The lowest BCUT2D eigenvalue weighted by molar-refractivity contribution is -0.385. The number of nitrogens with one attached hydrogen (secondary N) is 1. The first-order chi connectivity index (χ1) is 11.0. The minimum atomic E-state index is -0.622. The van der Waals surface area contributed by atoms with Crippen molar-refractivity contribution in [1.29, 1.82) is 0 Å². The molecule has 0 aliphatic rings. The maximum Gasteiger partial charge on any atom is 0.320 e. The van der Waals surface area contributed by atoms with Gasteiger partial charge in [-0.1, -0.05) is 12.1 Å². The Bertz CT molecular complexity index is 911. The van der Waals surface area contributed by atoms with E-state index in [-0.39, 0.29) is 11.4 Å². The van der Waals surface area contributed by atoms with Crippen molar-refractivity contribution in [3.63, 3.8) is 0 Å². The van der Waals surface area contributed by atoms with E-state index in [1.165, 1.54) is 4.68 Å². The SMILES string of the molecule is CCn1ncc([N+](=O)[O-])c1C(=O)Nc1nc2ccccc2n1C. The van der Waals surface area contributed by atoms with Crippen molar-refractivity contribution in [3.05, 3.63) is 46.3 Å². The standard InChI is InChI=1S/C14H14N6O3/c1-3-19-12(11(8-15-19)20(22)23)13(21)17-14-16-9-6-4-5-7-10(9)18(14)2/h4-8H,3H2,1-2H3,(H,16,17,21). The van der Waals surface area contributed by atoms with Crippen LogP contribution >= 0.6 is 0 Å². The van der Waals surface area contributed by atoms with E-state index in [2.05, 4.69) is 15.4 Å². The van der Waals surface area contributed by atoms with Crippen LogP contribution in [0.4, 0.5) is 11.6 Å². The van der Waals surface area contributed by atoms with E-state index in [9.17, 15) is 14.9 Å². The molecule has 9 nitrogen and oxygen atoms in total. The normalized spacial score (nSPS) is 10.9. The Morgan fingerprint density at radius 2 is 2.13 bits per heavy atom. The highest BCUT2D eigenvalue weighted by Gasteiger charge is 2.27. The lowest BCUT2D eigenvalue weighted by Crippen LogP contribution is -2.20. The molecule has 0 bridgehead atoms. The molecule has 1 aromatic carbocycles. The van der Waals surface area contributed by atoms with E-state index in [1.807, 2.05) is 24.3 Å². The van der Waals surface area contributed by atoms with Crippen LogP contribution in [-0.4, -0.2) is 30.2 Å². The molecule has 23 heavy (non-hydrogen) atoms. The predicted molar refractivity (Wildman–Crippen MR) is 83.2 cm³/mol. The third-order valence-corrected chi connectivity index (χ3v) is 3.54. The Kier molecular flexibility index (Phi) is 3.53. The Morgan fingerprint density at radius 3 is 2.78 bits per heavy atom. The zero-order valence-corrected chi connectivity index (χ0v) is 12.6. The summed E-state index contributed by atoms with van der Waals surface area (Å²) in [6, 6.07) is 7.41. The summed E-state index contributed by atoms with van der Waals surface area (Å²) in [5.74, 6) is -0.302. The van der Waals surface area contributed by atoms with E-state index < -0.39 is 10.8 Å². The van der Waals surface area contributed by atoms with Crippen molar-refractivity contribution in [3.8, 4) is 0 Å². The highest BCUT2D eigenvalue weighted by atomic mass is 16.6. The van der Waals surface area contributed by atoms with Crippen molar-refractivity contribution in [2.24, 2.45) is 7.05 Å². The summed E-state index contributed by atoms with van der Waals surface area (Å²) in [7, 11) is 1.76. The molecule has 1 amide bonds. The molecule has 0 fully saturated rings. The number of amides is 1. The minimum absolute atomic E-state index is 0.0930. The van der Waals surface area contributed by atoms with Gasteiger partial charge < -0.3 is 4.57 Å². The molecule has 3 aromatic rings. The highest BCUT2D eigenvalue weighted by molar-refractivity contribution is 6.05. The van der Waals surface area contributed by atoms with Gasteiger partial charge in [0, 0.05) is 13.6 Å². The minimum Gasteiger partial charge on any atom is -0.313 e. The van der Waals surface area contributed by atoms with Crippen molar-refractivity contribution in [2.75, 3.05) is 5.32 Å². The average molecular weight is 314 g/mol. The zero-order chi connectivity index (χ0) is 16.6. The number of hydrogen-bond donors (Lipinski definition) is 1. The summed E-state index contributed by atoms with van der Waals surface area (Å²) in [6.07, 6.45) is 1.08. The monoisotopic (exact) mass is 314 g/mol. The Labute approximate surface area is 130 Å². The Hall–Kier alpha value is -3.23. The number of nitrogens with zero attached hydrogens (tertiary/aromatic N) is 5. The van der Waals surface area contributed by atoms with Crippen LogP contribution in [-0.2, 0) is 13.6 Å². The molecule has 1 N–H and O–H groups in total. The van der Waals surface area contributed by atoms with Crippen molar-refractivity contribution < 1.29 is 9.72 Å². The van der Waals surface area contributed by atoms with Gasteiger partial charge in [0.25, 0.3) is 5.91 Å². The molecule has 0 radical (unpaired) electrons. The first-order valence-electron chi connectivity index (χ1n) is 6.96. The van der Waals surface area contributed by atoms with Gasteiger partial charge >= 0.3 is 5.69 Å². The molecule has 0 saturated heterocycles. The number of anilines is 1. The number of hydrogen-bond acceptors (Lipinski definition) is 5. The van der Waals surface area contributed by atoms with Gasteiger partial charge in [-0.15, -0.1) is 0 Å². The summed E-state index contributed by atoms with van der Waals surface area (Å²) in [6.45, 7) is 2.10. The molecule has 118 valence electrons. The van der Waals surface area contributed by atoms with E-state index in [4.69, 9.17) is 0 Å². The Balaban J connectivity index is 2.00. The number of para-hydroxylation sites is 2. The third kappa shape index (κ3) is 2.41. The summed E-state index contributed by atoms with van der Waals surface area (Å²) in [4.78, 5) is 27.2. The summed E-state index contributed by atoms with van der Waals surface area (Å²) >= 11 is 0. The molecule has 0 saturated carbocycles. The van der Waals surface area contributed by atoms with Crippen LogP contribution < -0.4 is 5.32 Å². The molecule has 0 atom stereocenters. The van der Waals surface area contributed by atoms with Crippen LogP contribution in [0.25, 0.3) is 11.0 Å². The second-order valence-electron chi connectivity index (χ2n) is 4.89. The van der Waals surface area contributed by atoms with Gasteiger partial charge in [0.15, 0.2) is 0 Å². The van der Waals surface area contributed by atoms with Gasteiger partial charge in [0.05, 0.1) is 16.0 Å². The van der Waals surface area contributed by atoms with Crippen molar-refractivity contribution in [2.45, 2.75) is 13.5 Å². The van der Waals surface area contributed by atoms with E-state index >= 15 is 0 Å². The van der Waals surface area contributed by atoms with Crippen molar-refractivity contribution in [1.82, 2.24) is 19.3 Å². The maximum atomic E-state index is 12.5. The van der Waals surface area contributed by atoms with Gasteiger partial charge in [-0.3, -0.25) is 24.9 Å². The summed E-state index contributed by atoms with van der Waals surface area (Å²) in [5, 5.41) is 17.6. The molecular weight excluding hydrogens is 300 g/mol. The summed E-state index contributed by atoms with van der Waals surface area (Å²) < 4.78 is 3.00. The first kappa shape index (κ1) is 14.7. The number of rotatable bonds is 4. The molecule has 2 heterocycles. The van der Waals surface area contributed by atoms with E-state index in [0.29, 0.717) is 12.5 Å². The van der Waals surface area contributed by atoms with E-state index in [0.717, 1.165) is 17.2 Å². The molecule has 0 spiro atoms. The Morgan fingerprint density at radius 1 is 1.39 bits per heavy atom. The maximum absolute atomic E-state index is 12.5.